The van der Waals surface area contributed by atoms with E-state index in [-0.39, 0.29) is 18.1 Å². The van der Waals surface area contributed by atoms with Gasteiger partial charge in [-0.2, -0.15) is 0 Å². The number of sulfonamides is 1. The molecule has 2 aromatic carbocycles. The zero-order valence-corrected chi connectivity index (χ0v) is 19.1. The molecule has 2 N–H and O–H groups in total. The standard InChI is InChI=1S/C24H32N2O4S/c1-30-24(27)14-6-10-19-9-3-4-12-21(19)20-11-5-8-18(16-20)17-23-22(13-7-15-25-23)26-31(2,28)29/h3-5,8-9,11-12,16,22-23,25-26H,6-7,10,13-15,17H2,1-2H3. The maximum atomic E-state index is 11.8. The van der Waals surface area contributed by atoms with Crippen LogP contribution in [0.2, 0.25) is 0 Å². The predicted octanol–water partition coefficient (Wildman–Crippen LogP) is 3.06. The molecule has 1 aliphatic heterocycles. The zero-order valence-electron chi connectivity index (χ0n) is 18.3. The van der Waals surface area contributed by atoms with E-state index >= 15 is 0 Å². The molecule has 0 aliphatic carbocycles. The van der Waals surface area contributed by atoms with E-state index in [1.54, 1.807) is 0 Å². The van der Waals surface area contributed by atoms with Crippen molar-refractivity contribution in [2.75, 3.05) is 19.9 Å². The highest BCUT2D eigenvalue weighted by molar-refractivity contribution is 7.88. The highest BCUT2D eigenvalue weighted by Crippen LogP contribution is 2.27. The van der Waals surface area contributed by atoms with Gasteiger partial charge in [-0.3, -0.25) is 4.79 Å². The number of rotatable bonds is 9. The Hall–Kier alpha value is -2.22. The van der Waals surface area contributed by atoms with Gasteiger partial charge in [0.1, 0.15) is 0 Å². The Balaban J connectivity index is 1.75. The summed E-state index contributed by atoms with van der Waals surface area (Å²) in [5, 5.41) is 3.48. The molecule has 1 heterocycles. The van der Waals surface area contributed by atoms with E-state index in [9.17, 15) is 13.2 Å². The number of hydrogen-bond donors (Lipinski definition) is 2. The van der Waals surface area contributed by atoms with Crippen molar-refractivity contribution < 1.29 is 17.9 Å². The minimum Gasteiger partial charge on any atom is -0.469 e. The van der Waals surface area contributed by atoms with E-state index in [1.807, 2.05) is 12.1 Å². The molecule has 1 fully saturated rings. The second-order valence-corrected chi connectivity index (χ2v) is 9.97. The van der Waals surface area contributed by atoms with Crippen molar-refractivity contribution in [3.8, 4) is 11.1 Å². The van der Waals surface area contributed by atoms with Crippen molar-refractivity contribution in [3.63, 3.8) is 0 Å². The first-order valence-electron chi connectivity index (χ1n) is 10.8. The van der Waals surface area contributed by atoms with Crippen LogP contribution in [0.25, 0.3) is 11.1 Å². The Morgan fingerprint density at radius 2 is 2.00 bits per heavy atom. The average Bonchev–Trinajstić information content (AvgIpc) is 2.74. The number of ether oxygens (including phenoxy) is 1. The number of aryl methyl sites for hydroxylation is 1. The first kappa shape index (κ1) is 23.4. The number of piperidine rings is 1. The smallest absolute Gasteiger partial charge is 0.305 e. The third-order valence-corrected chi connectivity index (χ3v) is 6.45. The number of hydrogen-bond acceptors (Lipinski definition) is 5. The molecule has 2 unspecified atom stereocenters. The molecule has 31 heavy (non-hydrogen) atoms. The Labute approximate surface area is 185 Å². The lowest BCUT2D eigenvalue weighted by Gasteiger charge is -2.33. The fraction of sp³-hybridized carbons (Fsp3) is 0.458. The first-order chi connectivity index (χ1) is 14.9. The molecule has 0 amide bonds. The van der Waals surface area contributed by atoms with Crippen LogP contribution in [-0.2, 0) is 32.4 Å². The molecule has 0 aromatic heterocycles. The van der Waals surface area contributed by atoms with E-state index in [0.29, 0.717) is 6.42 Å². The SMILES string of the molecule is COC(=O)CCCc1ccccc1-c1cccc(CC2NCCCC2NS(C)(=O)=O)c1. The van der Waals surface area contributed by atoms with Crippen LogP contribution in [0.5, 0.6) is 0 Å². The molecular weight excluding hydrogens is 412 g/mol. The molecule has 0 saturated carbocycles. The highest BCUT2D eigenvalue weighted by Gasteiger charge is 2.27. The lowest BCUT2D eigenvalue weighted by atomic mass is 9.91. The van der Waals surface area contributed by atoms with Crippen LogP contribution in [0.15, 0.2) is 48.5 Å². The second-order valence-electron chi connectivity index (χ2n) is 8.19. The van der Waals surface area contributed by atoms with Crippen LogP contribution in [0.4, 0.5) is 0 Å². The molecule has 0 radical (unpaired) electrons. The summed E-state index contributed by atoms with van der Waals surface area (Å²) in [7, 11) is -1.83. The Morgan fingerprint density at radius 1 is 1.19 bits per heavy atom. The number of carbonyl (C=O) groups excluding carboxylic acids is 1. The second kappa shape index (κ2) is 10.9. The normalized spacial score (nSPS) is 19.2. The molecule has 0 spiro atoms. The van der Waals surface area contributed by atoms with Crippen molar-refractivity contribution >= 4 is 16.0 Å². The Kier molecular flexibility index (Phi) is 8.23. The van der Waals surface area contributed by atoms with Gasteiger partial charge < -0.3 is 10.1 Å². The molecule has 7 heteroatoms. The molecule has 2 atom stereocenters. The van der Waals surface area contributed by atoms with Crippen LogP contribution < -0.4 is 10.0 Å². The Bertz CT molecular complexity index is 991. The van der Waals surface area contributed by atoms with Gasteiger partial charge in [-0.25, -0.2) is 13.1 Å². The quantitative estimate of drug-likeness (QED) is 0.581. The molecule has 168 valence electrons. The van der Waals surface area contributed by atoms with Gasteiger partial charge in [0.2, 0.25) is 10.0 Å². The lowest BCUT2D eigenvalue weighted by Crippen LogP contribution is -2.54. The number of esters is 1. The van der Waals surface area contributed by atoms with Gasteiger partial charge in [0.05, 0.1) is 13.4 Å². The number of methoxy groups -OCH3 is 1. The summed E-state index contributed by atoms with van der Waals surface area (Å²) >= 11 is 0. The predicted molar refractivity (Wildman–Crippen MR) is 123 cm³/mol. The summed E-state index contributed by atoms with van der Waals surface area (Å²) in [4.78, 5) is 11.4. The molecule has 6 nitrogen and oxygen atoms in total. The maximum Gasteiger partial charge on any atom is 0.305 e. The molecule has 1 saturated heterocycles. The summed E-state index contributed by atoms with van der Waals surface area (Å²) in [6.07, 6.45) is 5.74. The summed E-state index contributed by atoms with van der Waals surface area (Å²) in [5.41, 5.74) is 4.67. The van der Waals surface area contributed by atoms with Gasteiger partial charge in [-0.1, -0.05) is 48.5 Å². The molecule has 0 bridgehead atoms. The lowest BCUT2D eigenvalue weighted by molar-refractivity contribution is -0.140. The largest absolute Gasteiger partial charge is 0.469 e. The zero-order chi connectivity index (χ0) is 22.3. The highest BCUT2D eigenvalue weighted by atomic mass is 32.2. The number of nitrogens with one attached hydrogen (secondary N) is 2. The van der Waals surface area contributed by atoms with E-state index in [0.717, 1.165) is 49.8 Å². The van der Waals surface area contributed by atoms with Crippen molar-refractivity contribution in [1.82, 2.24) is 10.0 Å². The summed E-state index contributed by atoms with van der Waals surface area (Å²) in [6, 6.07) is 16.7. The van der Waals surface area contributed by atoms with Crippen molar-refractivity contribution in [2.24, 2.45) is 0 Å². The minimum atomic E-state index is -3.25. The van der Waals surface area contributed by atoms with Crippen molar-refractivity contribution in [3.05, 3.63) is 59.7 Å². The van der Waals surface area contributed by atoms with Crippen LogP contribution in [-0.4, -0.2) is 46.4 Å². The average molecular weight is 445 g/mol. The maximum absolute atomic E-state index is 11.8. The van der Waals surface area contributed by atoms with Gasteiger partial charge in [-0.05, 0) is 60.9 Å². The van der Waals surface area contributed by atoms with Gasteiger partial charge in [0.25, 0.3) is 0 Å². The van der Waals surface area contributed by atoms with Crippen LogP contribution in [0.1, 0.15) is 36.8 Å². The van der Waals surface area contributed by atoms with E-state index in [1.165, 1.54) is 24.5 Å². The van der Waals surface area contributed by atoms with Gasteiger partial charge in [-0.15, -0.1) is 0 Å². The van der Waals surface area contributed by atoms with Crippen LogP contribution in [0, 0.1) is 0 Å². The molecule has 1 aliphatic rings. The minimum absolute atomic E-state index is 0.0639. The number of benzene rings is 2. The fourth-order valence-electron chi connectivity index (χ4n) is 4.25. The monoisotopic (exact) mass is 444 g/mol. The van der Waals surface area contributed by atoms with Gasteiger partial charge >= 0.3 is 5.97 Å². The van der Waals surface area contributed by atoms with Gasteiger partial charge in [0, 0.05) is 18.5 Å². The van der Waals surface area contributed by atoms with Gasteiger partial charge in [0.15, 0.2) is 0 Å². The van der Waals surface area contributed by atoms with E-state index in [4.69, 9.17) is 4.74 Å². The molecule has 3 rings (SSSR count). The van der Waals surface area contributed by atoms with Crippen molar-refractivity contribution in [1.29, 1.82) is 0 Å². The molecule has 2 aromatic rings. The third kappa shape index (κ3) is 7.16. The topological polar surface area (TPSA) is 84.5 Å². The summed E-state index contributed by atoms with van der Waals surface area (Å²) in [6.45, 7) is 0.898. The number of carbonyl (C=O) groups is 1. The summed E-state index contributed by atoms with van der Waals surface area (Å²) < 4.78 is 31.0. The van der Waals surface area contributed by atoms with E-state index < -0.39 is 10.0 Å². The molecular formula is C24H32N2O4S. The van der Waals surface area contributed by atoms with Crippen LogP contribution in [0.3, 0.4) is 0 Å². The first-order valence-corrected chi connectivity index (χ1v) is 12.7. The third-order valence-electron chi connectivity index (χ3n) is 5.72. The van der Waals surface area contributed by atoms with Crippen molar-refractivity contribution in [2.45, 2.75) is 50.6 Å². The van der Waals surface area contributed by atoms with Crippen LogP contribution >= 0.6 is 0 Å². The fourth-order valence-corrected chi connectivity index (χ4v) is 5.08. The Morgan fingerprint density at radius 3 is 2.77 bits per heavy atom. The summed E-state index contributed by atoms with van der Waals surface area (Å²) in [5.74, 6) is -0.184. The van der Waals surface area contributed by atoms with E-state index in [2.05, 4.69) is 46.4 Å².